The fourth-order valence-corrected chi connectivity index (χ4v) is 3.42. The zero-order valence-electron chi connectivity index (χ0n) is 12.8. The summed E-state index contributed by atoms with van der Waals surface area (Å²) in [5, 5.41) is 4.14. The summed E-state index contributed by atoms with van der Waals surface area (Å²) in [6, 6.07) is 12.7. The minimum absolute atomic E-state index is 0.0792. The number of halogens is 2. The molecule has 2 aromatic rings. The van der Waals surface area contributed by atoms with Gasteiger partial charge in [-0.05, 0) is 31.2 Å². The third-order valence-corrected chi connectivity index (χ3v) is 4.97. The van der Waals surface area contributed by atoms with Gasteiger partial charge in [0.15, 0.2) is 0 Å². The number of thioether (sulfide) groups is 1. The van der Waals surface area contributed by atoms with E-state index in [1.165, 1.54) is 11.8 Å². The van der Waals surface area contributed by atoms with E-state index in [-0.39, 0.29) is 17.7 Å². The summed E-state index contributed by atoms with van der Waals surface area (Å²) < 4.78 is 5.32. The smallest absolute Gasteiger partial charge is 0.230 e. The predicted molar refractivity (Wildman–Crippen MR) is 96.7 cm³/mol. The van der Waals surface area contributed by atoms with Crippen LogP contribution in [-0.4, -0.2) is 18.8 Å². The number of methoxy groups -OCH3 is 1. The van der Waals surface area contributed by atoms with Crippen molar-refractivity contribution in [3.05, 3.63) is 58.1 Å². The number of ether oxygens (including phenoxy) is 1. The fraction of sp³-hybridized carbons (Fsp3) is 0.235. The zero-order chi connectivity index (χ0) is 16.8. The average molecular weight is 370 g/mol. The second-order valence-corrected chi connectivity index (χ2v) is 6.76. The maximum absolute atomic E-state index is 12.1. The molecule has 23 heavy (non-hydrogen) atoms. The van der Waals surface area contributed by atoms with Crippen molar-refractivity contribution < 1.29 is 9.53 Å². The molecule has 122 valence electrons. The molecule has 0 aliphatic carbocycles. The van der Waals surface area contributed by atoms with Crippen molar-refractivity contribution in [2.24, 2.45) is 0 Å². The SMILES string of the molecule is COc1ccccc1[C@H](C)NC(=O)CSc1cc(Cl)ccc1Cl. The van der Waals surface area contributed by atoms with Gasteiger partial charge in [0.1, 0.15) is 5.75 Å². The van der Waals surface area contributed by atoms with Crippen LogP contribution >= 0.6 is 35.0 Å². The first-order valence-corrected chi connectivity index (χ1v) is 8.75. The molecule has 0 radical (unpaired) electrons. The van der Waals surface area contributed by atoms with E-state index in [9.17, 15) is 4.79 Å². The van der Waals surface area contributed by atoms with Gasteiger partial charge < -0.3 is 10.1 Å². The molecule has 1 N–H and O–H groups in total. The molecule has 2 aromatic carbocycles. The zero-order valence-corrected chi connectivity index (χ0v) is 15.1. The van der Waals surface area contributed by atoms with Crippen molar-refractivity contribution in [3.63, 3.8) is 0 Å². The summed E-state index contributed by atoms with van der Waals surface area (Å²) in [4.78, 5) is 12.9. The van der Waals surface area contributed by atoms with Crippen molar-refractivity contribution in [2.45, 2.75) is 17.9 Å². The minimum Gasteiger partial charge on any atom is -0.496 e. The highest BCUT2D eigenvalue weighted by molar-refractivity contribution is 8.00. The molecule has 1 amide bonds. The summed E-state index contributed by atoms with van der Waals surface area (Å²) in [5.74, 6) is 0.940. The number of carbonyl (C=O) groups excluding carboxylic acids is 1. The molecule has 2 rings (SSSR count). The standard InChI is InChI=1S/C17H17Cl2NO2S/c1-11(13-5-3-4-6-15(13)22-2)20-17(21)10-23-16-9-12(18)7-8-14(16)19/h3-9,11H,10H2,1-2H3,(H,20,21)/t11-/m0/s1. The Kier molecular flexibility index (Phi) is 6.63. The lowest BCUT2D eigenvalue weighted by atomic mass is 10.1. The van der Waals surface area contributed by atoms with Crippen LogP contribution in [0.1, 0.15) is 18.5 Å². The number of benzene rings is 2. The summed E-state index contributed by atoms with van der Waals surface area (Å²) >= 11 is 13.4. The molecule has 6 heteroatoms. The molecule has 0 spiro atoms. The fourth-order valence-electron chi connectivity index (χ4n) is 2.12. The largest absolute Gasteiger partial charge is 0.496 e. The second-order valence-electron chi connectivity index (χ2n) is 4.89. The molecule has 0 saturated carbocycles. The Hall–Kier alpha value is -1.36. The first kappa shape index (κ1) is 18.0. The van der Waals surface area contributed by atoms with Gasteiger partial charge in [0.25, 0.3) is 0 Å². The lowest BCUT2D eigenvalue weighted by molar-refractivity contribution is -0.119. The van der Waals surface area contributed by atoms with Crippen LogP contribution in [0, 0.1) is 0 Å². The number of carbonyl (C=O) groups is 1. The summed E-state index contributed by atoms with van der Waals surface area (Å²) in [6.07, 6.45) is 0. The van der Waals surface area contributed by atoms with E-state index < -0.39 is 0 Å². The van der Waals surface area contributed by atoms with Crippen molar-refractivity contribution >= 4 is 40.9 Å². The number of hydrogen-bond acceptors (Lipinski definition) is 3. The highest BCUT2D eigenvalue weighted by atomic mass is 35.5. The molecular formula is C17H17Cl2NO2S. The molecule has 1 atom stereocenters. The van der Waals surface area contributed by atoms with E-state index >= 15 is 0 Å². The number of para-hydroxylation sites is 1. The van der Waals surface area contributed by atoms with Crippen LogP contribution in [0.4, 0.5) is 0 Å². The second kappa shape index (κ2) is 8.48. The van der Waals surface area contributed by atoms with Gasteiger partial charge in [-0.15, -0.1) is 11.8 Å². The van der Waals surface area contributed by atoms with Gasteiger partial charge in [-0.3, -0.25) is 4.79 Å². The van der Waals surface area contributed by atoms with Crippen LogP contribution in [0.5, 0.6) is 5.75 Å². The van der Waals surface area contributed by atoms with Crippen LogP contribution in [0.3, 0.4) is 0 Å². The van der Waals surface area contributed by atoms with Gasteiger partial charge >= 0.3 is 0 Å². The van der Waals surface area contributed by atoms with Gasteiger partial charge in [0, 0.05) is 15.5 Å². The predicted octanol–water partition coefficient (Wildman–Crippen LogP) is 4.97. The topological polar surface area (TPSA) is 38.3 Å². The summed E-state index contributed by atoms with van der Waals surface area (Å²) in [7, 11) is 1.62. The molecule has 3 nitrogen and oxygen atoms in total. The van der Waals surface area contributed by atoms with E-state index in [4.69, 9.17) is 27.9 Å². The molecule has 0 aliphatic rings. The van der Waals surface area contributed by atoms with Crippen molar-refractivity contribution in [1.82, 2.24) is 5.32 Å². The van der Waals surface area contributed by atoms with Crippen LogP contribution in [0.25, 0.3) is 0 Å². The maximum atomic E-state index is 12.1. The molecule has 0 unspecified atom stereocenters. The van der Waals surface area contributed by atoms with Gasteiger partial charge in [-0.25, -0.2) is 0 Å². The average Bonchev–Trinajstić information content (AvgIpc) is 2.55. The molecule has 0 aliphatic heterocycles. The number of rotatable bonds is 6. The number of hydrogen-bond donors (Lipinski definition) is 1. The molecule has 0 aromatic heterocycles. The maximum Gasteiger partial charge on any atom is 0.230 e. The van der Waals surface area contributed by atoms with Crippen LogP contribution in [0.15, 0.2) is 47.4 Å². The molecule has 0 fully saturated rings. The molecule has 0 heterocycles. The van der Waals surface area contributed by atoms with Gasteiger partial charge in [0.05, 0.1) is 23.9 Å². The van der Waals surface area contributed by atoms with E-state index in [2.05, 4.69) is 5.32 Å². The Morgan fingerprint density at radius 3 is 2.74 bits per heavy atom. The van der Waals surface area contributed by atoms with Crippen LogP contribution in [0.2, 0.25) is 10.0 Å². The van der Waals surface area contributed by atoms with Gasteiger partial charge in [0.2, 0.25) is 5.91 Å². The Labute approximate surface area is 150 Å². The third kappa shape index (κ3) is 5.06. The molecule has 0 bridgehead atoms. The highest BCUT2D eigenvalue weighted by Crippen LogP contribution is 2.30. The van der Waals surface area contributed by atoms with E-state index in [1.807, 2.05) is 31.2 Å². The first-order chi connectivity index (χ1) is 11.0. The Morgan fingerprint density at radius 1 is 1.26 bits per heavy atom. The lowest BCUT2D eigenvalue weighted by Gasteiger charge is -2.17. The monoisotopic (exact) mass is 369 g/mol. The summed E-state index contributed by atoms with van der Waals surface area (Å²) in [6.45, 7) is 1.92. The van der Waals surface area contributed by atoms with Crippen molar-refractivity contribution in [3.8, 4) is 5.75 Å². The Bertz CT molecular complexity index is 694. The van der Waals surface area contributed by atoms with Gasteiger partial charge in [-0.2, -0.15) is 0 Å². The van der Waals surface area contributed by atoms with E-state index in [0.717, 1.165) is 16.2 Å². The Morgan fingerprint density at radius 2 is 2.00 bits per heavy atom. The van der Waals surface area contributed by atoms with E-state index in [0.29, 0.717) is 10.0 Å². The number of amides is 1. The van der Waals surface area contributed by atoms with Crippen LogP contribution < -0.4 is 10.1 Å². The third-order valence-electron chi connectivity index (χ3n) is 3.23. The minimum atomic E-state index is -0.144. The van der Waals surface area contributed by atoms with Gasteiger partial charge in [-0.1, -0.05) is 41.4 Å². The molecule has 0 saturated heterocycles. The Balaban J connectivity index is 1.95. The quantitative estimate of drug-likeness (QED) is 0.730. The van der Waals surface area contributed by atoms with Crippen molar-refractivity contribution in [2.75, 3.05) is 12.9 Å². The van der Waals surface area contributed by atoms with Crippen LogP contribution in [-0.2, 0) is 4.79 Å². The normalized spacial score (nSPS) is 11.8. The van der Waals surface area contributed by atoms with Crippen molar-refractivity contribution in [1.29, 1.82) is 0 Å². The highest BCUT2D eigenvalue weighted by Gasteiger charge is 2.14. The summed E-state index contributed by atoms with van der Waals surface area (Å²) in [5.41, 5.74) is 0.939. The molecular weight excluding hydrogens is 353 g/mol. The first-order valence-electron chi connectivity index (χ1n) is 7.01. The van der Waals surface area contributed by atoms with E-state index in [1.54, 1.807) is 25.3 Å². The lowest BCUT2D eigenvalue weighted by Crippen LogP contribution is -2.28. The number of nitrogens with one attached hydrogen (secondary N) is 1.